The molecule has 2 unspecified atom stereocenters. The number of nitrogens with zero attached hydrogens (tertiary/aromatic N) is 1. The highest BCUT2D eigenvalue weighted by atomic mass is 32.2. The van der Waals surface area contributed by atoms with Crippen LogP contribution in [0.2, 0.25) is 0 Å². The maximum absolute atomic E-state index is 12.6. The number of piperidine rings is 1. The van der Waals surface area contributed by atoms with Crippen molar-refractivity contribution < 1.29 is 13.2 Å². The zero-order valence-corrected chi connectivity index (χ0v) is 17.9. The number of likely N-dealkylation sites (tertiary alicyclic amines) is 1. The second-order valence-electron chi connectivity index (χ2n) is 8.18. The Morgan fingerprint density at radius 3 is 2.43 bits per heavy atom. The summed E-state index contributed by atoms with van der Waals surface area (Å²) in [5, 5.41) is 2.95. The quantitative estimate of drug-likeness (QED) is 0.749. The third kappa shape index (κ3) is 5.18. The van der Waals surface area contributed by atoms with E-state index in [0.717, 1.165) is 42.6 Å². The molecule has 2 fully saturated rings. The van der Waals surface area contributed by atoms with Crippen LogP contribution in [0.15, 0.2) is 60.7 Å². The summed E-state index contributed by atoms with van der Waals surface area (Å²) in [5.74, 6) is -0.0814. The second kappa shape index (κ2) is 9.14. The number of rotatable bonds is 5. The van der Waals surface area contributed by atoms with Gasteiger partial charge < -0.3 is 5.32 Å². The van der Waals surface area contributed by atoms with Crippen LogP contribution in [0.4, 0.5) is 0 Å². The first kappa shape index (κ1) is 20.8. The minimum Gasteiger partial charge on any atom is -0.347 e. The SMILES string of the molecule is O=C(/C=C/c1cccc(-c2ccccc2)c1)NC1CS(=O)(=O)CC1N1CCCCC1. The van der Waals surface area contributed by atoms with Crippen LogP contribution in [0.5, 0.6) is 0 Å². The molecule has 0 saturated carbocycles. The minimum absolute atomic E-state index is 0.0250. The normalized spacial score (nSPS) is 24.1. The molecule has 0 spiro atoms. The second-order valence-corrected chi connectivity index (χ2v) is 10.3. The van der Waals surface area contributed by atoms with Gasteiger partial charge in [-0.2, -0.15) is 0 Å². The Bertz CT molecular complexity index is 1010. The molecule has 0 aromatic heterocycles. The number of benzene rings is 2. The van der Waals surface area contributed by atoms with E-state index in [0.29, 0.717) is 0 Å². The lowest BCUT2D eigenvalue weighted by Crippen LogP contribution is -2.52. The summed E-state index contributed by atoms with van der Waals surface area (Å²) in [7, 11) is -3.12. The topological polar surface area (TPSA) is 66.5 Å². The average molecular weight is 425 g/mol. The van der Waals surface area contributed by atoms with E-state index in [9.17, 15) is 13.2 Å². The molecule has 2 aliphatic heterocycles. The number of amides is 1. The molecule has 5 nitrogen and oxygen atoms in total. The van der Waals surface area contributed by atoms with Crippen LogP contribution in [0.1, 0.15) is 24.8 Å². The highest BCUT2D eigenvalue weighted by Gasteiger charge is 2.41. The van der Waals surface area contributed by atoms with Gasteiger partial charge >= 0.3 is 0 Å². The Labute approximate surface area is 178 Å². The van der Waals surface area contributed by atoms with Gasteiger partial charge in [-0.25, -0.2) is 8.42 Å². The zero-order chi connectivity index (χ0) is 21.0. The largest absolute Gasteiger partial charge is 0.347 e. The third-order valence-electron chi connectivity index (χ3n) is 5.93. The first-order valence-electron chi connectivity index (χ1n) is 10.6. The molecule has 158 valence electrons. The van der Waals surface area contributed by atoms with E-state index in [4.69, 9.17) is 0 Å². The van der Waals surface area contributed by atoms with Gasteiger partial charge in [0.05, 0.1) is 17.5 Å². The summed E-state index contributed by atoms with van der Waals surface area (Å²) in [4.78, 5) is 14.8. The number of sulfone groups is 1. The zero-order valence-electron chi connectivity index (χ0n) is 17.0. The van der Waals surface area contributed by atoms with Crippen molar-refractivity contribution in [3.05, 3.63) is 66.2 Å². The van der Waals surface area contributed by atoms with Crippen molar-refractivity contribution in [2.45, 2.75) is 31.3 Å². The maximum atomic E-state index is 12.6. The Morgan fingerprint density at radius 1 is 0.933 bits per heavy atom. The summed E-state index contributed by atoms with van der Waals surface area (Å²) in [5.41, 5.74) is 3.14. The van der Waals surface area contributed by atoms with Crippen molar-refractivity contribution in [2.75, 3.05) is 24.6 Å². The number of carbonyl (C=O) groups is 1. The Hall–Kier alpha value is -2.44. The van der Waals surface area contributed by atoms with E-state index < -0.39 is 9.84 Å². The van der Waals surface area contributed by atoms with Crippen LogP contribution >= 0.6 is 0 Å². The number of nitrogens with one attached hydrogen (secondary N) is 1. The van der Waals surface area contributed by atoms with E-state index in [2.05, 4.69) is 22.3 Å². The van der Waals surface area contributed by atoms with Crippen LogP contribution < -0.4 is 5.32 Å². The lowest BCUT2D eigenvalue weighted by atomic mass is 10.0. The molecular weight excluding hydrogens is 396 g/mol. The Kier molecular flexibility index (Phi) is 6.35. The molecule has 2 aromatic carbocycles. The fourth-order valence-corrected chi connectivity index (χ4v) is 6.38. The van der Waals surface area contributed by atoms with E-state index in [1.165, 1.54) is 12.5 Å². The molecule has 2 aliphatic rings. The maximum Gasteiger partial charge on any atom is 0.244 e. The van der Waals surface area contributed by atoms with Crippen LogP contribution in [0, 0.1) is 0 Å². The highest BCUT2D eigenvalue weighted by Crippen LogP contribution is 2.23. The number of hydrogen-bond donors (Lipinski definition) is 1. The molecule has 30 heavy (non-hydrogen) atoms. The van der Waals surface area contributed by atoms with Crippen molar-refractivity contribution in [3.63, 3.8) is 0 Å². The average Bonchev–Trinajstić information content (AvgIpc) is 3.07. The van der Waals surface area contributed by atoms with Crippen LogP contribution in [-0.2, 0) is 14.6 Å². The standard InChI is InChI=1S/C24H28N2O3S/c27-24(13-12-19-8-7-11-21(16-19)20-9-3-1-4-10-20)25-22-17-30(28,29)18-23(22)26-14-5-2-6-15-26/h1,3-4,7-13,16,22-23H,2,5-6,14-15,17-18H2,(H,25,27)/b13-12+. The molecule has 0 aliphatic carbocycles. The van der Waals surface area contributed by atoms with Gasteiger partial charge in [-0.1, -0.05) is 55.0 Å². The lowest BCUT2D eigenvalue weighted by Gasteiger charge is -2.34. The summed E-state index contributed by atoms with van der Waals surface area (Å²) in [6, 6.07) is 17.6. The van der Waals surface area contributed by atoms with Crippen molar-refractivity contribution in [1.29, 1.82) is 0 Å². The molecule has 1 amide bonds. The monoisotopic (exact) mass is 424 g/mol. The molecule has 0 radical (unpaired) electrons. The first-order chi connectivity index (χ1) is 14.5. The van der Waals surface area contributed by atoms with Crippen LogP contribution in [0.3, 0.4) is 0 Å². The predicted octanol–water partition coefficient (Wildman–Crippen LogP) is 3.13. The highest BCUT2D eigenvalue weighted by molar-refractivity contribution is 7.91. The number of hydrogen-bond acceptors (Lipinski definition) is 4. The molecule has 2 heterocycles. The van der Waals surface area contributed by atoms with Gasteiger partial charge in [0.15, 0.2) is 9.84 Å². The summed E-state index contributed by atoms with van der Waals surface area (Å²) in [6.07, 6.45) is 6.66. The summed E-state index contributed by atoms with van der Waals surface area (Å²) < 4.78 is 24.5. The molecule has 2 saturated heterocycles. The van der Waals surface area contributed by atoms with Crippen LogP contribution in [0.25, 0.3) is 17.2 Å². The molecule has 0 bridgehead atoms. The smallest absolute Gasteiger partial charge is 0.244 e. The summed E-state index contributed by atoms with van der Waals surface area (Å²) >= 11 is 0. The van der Waals surface area contributed by atoms with E-state index in [1.54, 1.807) is 6.08 Å². The van der Waals surface area contributed by atoms with Gasteiger partial charge in [-0.3, -0.25) is 9.69 Å². The molecule has 4 rings (SSSR count). The van der Waals surface area contributed by atoms with Gasteiger partial charge in [-0.05, 0) is 54.8 Å². The van der Waals surface area contributed by atoms with Gasteiger partial charge in [0.1, 0.15) is 0 Å². The van der Waals surface area contributed by atoms with Crippen LogP contribution in [-0.4, -0.2) is 55.9 Å². The lowest BCUT2D eigenvalue weighted by molar-refractivity contribution is -0.117. The molecule has 2 atom stereocenters. The minimum atomic E-state index is -3.12. The molecule has 1 N–H and O–H groups in total. The van der Waals surface area contributed by atoms with Gasteiger partial charge in [0.2, 0.25) is 5.91 Å². The predicted molar refractivity (Wildman–Crippen MR) is 121 cm³/mol. The molecule has 2 aromatic rings. The van der Waals surface area contributed by atoms with Gasteiger partial charge in [-0.15, -0.1) is 0 Å². The van der Waals surface area contributed by atoms with Crippen molar-refractivity contribution in [2.24, 2.45) is 0 Å². The fourth-order valence-electron chi connectivity index (χ4n) is 4.43. The fraction of sp³-hybridized carbons (Fsp3) is 0.375. The van der Waals surface area contributed by atoms with E-state index in [-0.39, 0.29) is 29.5 Å². The Morgan fingerprint density at radius 2 is 1.67 bits per heavy atom. The van der Waals surface area contributed by atoms with E-state index >= 15 is 0 Å². The van der Waals surface area contributed by atoms with Crippen molar-refractivity contribution in [1.82, 2.24) is 10.2 Å². The van der Waals surface area contributed by atoms with E-state index in [1.807, 2.05) is 42.5 Å². The molecular formula is C24H28N2O3S. The van der Waals surface area contributed by atoms with Gasteiger partial charge in [0.25, 0.3) is 0 Å². The first-order valence-corrected chi connectivity index (χ1v) is 12.4. The Balaban J connectivity index is 1.43. The van der Waals surface area contributed by atoms with Crippen molar-refractivity contribution >= 4 is 21.8 Å². The summed E-state index contributed by atoms with van der Waals surface area (Å²) in [6.45, 7) is 1.82. The molecule has 6 heteroatoms. The number of carbonyl (C=O) groups excluding carboxylic acids is 1. The van der Waals surface area contributed by atoms with Crippen molar-refractivity contribution in [3.8, 4) is 11.1 Å². The van der Waals surface area contributed by atoms with Gasteiger partial charge in [0, 0.05) is 12.1 Å². The third-order valence-corrected chi connectivity index (χ3v) is 7.65.